The second-order valence-electron chi connectivity index (χ2n) is 14.6. The highest BCUT2D eigenvalue weighted by Crippen LogP contribution is 2.64. The maximum Gasteiger partial charge on any atom is 0.301 e. The van der Waals surface area contributed by atoms with Crippen molar-refractivity contribution in [1.29, 1.82) is 0 Å². The second-order valence-corrected chi connectivity index (χ2v) is 14.6. The van der Waals surface area contributed by atoms with Crippen molar-refractivity contribution in [3.05, 3.63) is 152 Å². The van der Waals surface area contributed by atoms with Gasteiger partial charge in [-0.1, -0.05) is 90.5 Å². The molecule has 1 heterocycles. The largest absolute Gasteiger partial charge is 0.508 e. The number of allylic oxidation sites excluding steroid dienone is 4. The first kappa shape index (κ1) is 35.3. The summed E-state index contributed by atoms with van der Waals surface area (Å²) in [4.78, 5) is 84.0. The molecule has 2 fully saturated rings. The Labute approximate surface area is 314 Å². The zero-order valence-electron chi connectivity index (χ0n) is 29.7. The normalized spacial score (nSPS) is 25.7. The van der Waals surface area contributed by atoms with E-state index in [1.807, 2.05) is 6.08 Å². The molecule has 1 saturated carbocycles. The molecule has 0 radical (unpaired) electrons. The number of nitrogens with zero attached hydrogens (tertiary/aromatic N) is 4. The first-order valence-electron chi connectivity index (χ1n) is 17.8. The Morgan fingerprint density at radius 3 is 2.00 bits per heavy atom. The van der Waals surface area contributed by atoms with Gasteiger partial charge in [-0.05, 0) is 42.0 Å². The highest BCUT2D eigenvalue weighted by Gasteiger charge is 2.66. The van der Waals surface area contributed by atoms with Crippen molar-refractivity contribution in [2.75, 3.05) is 23.9 Å². The molecule has 13 nitrogen and oxygen atoms in total. The minimum Gasteiger partial charge on any atom is -0.508 e. The number of rotatable bonds is 7. The maximum atomic E-state index is 15.1. The summed E-state index contributed by atoms with van der Waals surface area (Å²) in [6, 6.07) is 26.3. The van der Waals surface area contributed by atoms with E-state index in [-0.39, 0.29) is 47.1 Å². The second kappa shape index (κ2) is 13.0. The minimum absolute atomic E-state index is 0.00649. The number of nitro benzene ring substituents is 2. The quantitative estimate of drug-likeness (QED) is 0.0978. The van der Waals surface area contributed by atoms with E-state index in [2.05, 4.69) is 0 Å². The van der Waals surface area contributed by atoms with Crippen LogP contribution >= 0.6 is 0 Å². The van der Waals surface area contributed by atoms with Gasteiger partial charge in [-0.2, -0.15) is 0 Å². The highest BCUT2D eigenvalue weighted by molar-refractivity contribution is 6.32. The summed E-state index contributed by atoms with van der Waals surface area (Å²) in [6.07, 6.45) is 3.26. The summed E-state index contributed by atoms with van der Waals surface area (Å²) in [5, 5.41) is 35.9. The number of nitro groups is 2. The van der Waals surface area contributed by atoms with Crippen LogP contribution in [-0.2, 0) is 24.6 Å². The van der Waals surface area contributed by atoms with Gasteiger partial charge >= 0.3 is 11.4 Å². The van der Waals surface area contributed by atoms with Gasteiger partial charge < -0.3 is 10.0 Å². The molecular formula is C42H34N4O9. The van der Waals surface area contributed by atoms with E-state index in [0.717, 1.165) is 17.0 Å². The van der Waals surface area contributed by atoms with Crippen LogP contribution in [0.1, 0.15) is 35.4 Å². The summed E-state index contributed by atoms with van der Waals surface area (Å²) in [5.74, 6) is -6.98. The van der Waals surface area contributed by atoms with E-state index in [0.29, 0.717) is 22.3 Å². The number of aromatic hydroxyl groups is 1. The van der Waals surface area contributed by atoms with E-state index >= 15 is 9.59 Å². The summed E-state index contributed by atoms with van der Waals surface area (Å²) in [6.45, 7) is 0. The molecule has 55 heavy (non-hydrogen) atoms. The lowest BCUT2D eigenvalue weighted by Crippen LogP contribution is -2.58. The number of anilines is 2. The van der Waals surface area contributed by atoms with E-state index in [1.54, 1.807) is 78.9 Å². The number of phenols is 1. The molecule has 0 unspecified atom stereocenters. The van der Waals surface area contributed by atoms with Crippen LogP contribution in [0.25, 0.3) is 5.57 Å². The molecule has 4 aliphatic rings. The van der Waals surface area contributed by atoms with Gasteiger partial charge in [-0.3, -0.25) is 39.4 Å². The number of amides is 2. The Balaban J connectivity index is 1.33. The molecule has 0 spiro atoms. The van der Waals surface area contributed by atoms with Gasteiger partial charge in [-0.15, -0.1) is 0 Å². The Hall–Kier alpha value is -6.76. The van der Waals surface area contributed by atoms with Crippen LogP contribution in [0.5, 0.6) is 5.75 Å². The molecule has 4 aromatic carbocycles. The Morgan fingerprint density at radius 1 is 0.800 bits per heavy atom. The number of para-hydroxylation sites is 1. The smallest absolute Gasteiger partial charge is 0.301 e. The van der Waals surface area contributed by atoms with Crippen molar-refractivity contribution in [2.24, 2.45) is 23.7 Å². The van der Waals surface area contributed by atoms with E-state index in [4.69, 9.17) is 0 Å². The molecule has 1 aliphatic heterocycles. The van der Waals surface area contributed by atoms with Crippen LogP contribution in [-0.4, -0.2) is 52.4 Å². The van der Waals surface area contributed by atoms with Crippen molar-refractivity contribution in [1.82, 2.24) is 0 Å². The van der Waals surface area contributed by atoms with Crippen molar-refractivity contribution in [3.8, 4) is 5.75 Å². The van der Waals surface area contributed by atoms with Gasteiger partial charge in [0, 0.05) is 49.2 Å². The van der Waals surface area contributed by atoms with Crippen LogP contribution in [0.2, 0.25) is 0 Å². The average Bonchev–Trinajstić information content (AvgIpc) is 3.44. The number of fused-ring (bicyclic) bond motifs is 4. The maximum absolute atomic E-state index is 15.1. The summed E-state index contributed by atoms with van der Waals surface area (Å²) < 4.78 is 0. The van der Waals surface area contributed by atoms with Gasteiger partial charge in [0.2, 0.25) is 11.8 Å². The number of carbonyl (C=O) groups is 4. The highest BCUT2D eigenvalue weighted by atomic mass is 16.6. The fraction of sp³-hybridized carbons (Fsp3) is 0.238. The molecule has 4 aromatic rings. The number of imide groups is 1. The van der Waals surface area contributed by atoms with Gasteiger partial charge in [-0.25, -0.2) is 4.90 Å². The molecule has 6 atom stereocenters. The lowest BCUT2D eigenvalue weighted by molar-refractivity contribution is -0.392. The Morgan fingerprint density at radius 2 is 1.40 bits per heavy atom. The van der Waals surface area contributed by atoms with E-state index in [9.17, 15) is 34.9 Å². The fourth-order valence-corrected chi connectivity index (χ4v) is 9.66. The third-order valence-electron chi connectivity index (χ3n) is 11.8. The molecule has 2 amide bonds. The first-order valence-corrected chi connectivity index (χ1v) is 17.8. The van der Waals surface area contributed by atoms with Gasteiger partial charge in [0.15, 0.2) is 17.3 Å². The number of hydrogen-bond donors (Lipinski definition) is 1. The predicted molar refractivity (Wildman–Crippen MR) is 201 cm³/mol. The Kier molecular flexibility index (Phi) is 8.32. The molecule has 0 bridgehead atoms. The molecule has 1 saturated heterocycles. The van der Waals surface area contributed by atoms with Crippen LogP contribution in [0, 0.1) is 43.9 Å². The van der Waals surface area contributed by atoms with E-state index in [1.165, 1.54) is 31.1 Å². The van der Waals surface area contributed by atoms with E-state index < -0.39 is 68.0 Å². The van der Waals surface area contributed by atoms with Crippen molar-refractivity contribution in [2.45, 2.75) is 24.2 Å². The number of phenolic OH excluding ortho intramolecular Hbond substituents is 1. The number of benzene rings is 4. The first-order chi connectivity index (χ1) is 26.4. The molecule has 1 N–H and O–H groups in total. The molecule has 3 aliphatic carbocycles. The third kappa shape index (κ3) is 5.13. The minimum atomic E-state index is -1.54. The lowest BCUT2D eigenvalue weighted by Gasteiger charge is -2.55. The predicted octanol–water partition coefficient (Wildman–Crippen LogP) is 6.30. The van der Waals surface area contributed by atoms with Gasteiger partial charge in [0.05, 0.1) is 32.8 Å². The van der Waals surface area contributed by atoms with Crippen LogP contribution in [0.3, 0.4) is 0 Å². The number of carbonyl (C=O) groups excluding carboxylic acids is 4. The van der Waals surface area contributed by atoms with Crippen LogP contribution < -0.4 is 9.80 Å². The topological polar surface area (TPSA) is 181 Å². The molecule has 0 aromatic heterocycles. The molecular weight excluding hydrogens is 704 g/mol. The van der Waals surface area contributed by atoms with Crippen molar-refractivity contribution >= 4 is 51.7 Å². The molecule has 13 heteroatoms. The SMILES string of the molecule is CN(C)c1c([N+](=O)[O-])cc(N2C(=O)[C@H]3[C@H](CC=C4[C@H]3C[C@H]3C(=O)C(c5ccccc5)=CC(=O)[C@@]3(c3ccccc3)[C@H]4c3ccccc3O)C2=O)cc1[N+](=O)[O-]. The van der Waals surface area contributed by atoms with Gasteiger partial charge in [0.1, 0.15) is 5.75 Å². The number of Topliss-reactive ketones (excluding diaryl/α,β-unsaturated/α-hetero) is 1. The number of hydrogen-bond acceptors (Lipinski definition) is 10. The molecule has 276 valence electrons. The summed E-state index contributed by atoms with van der Waals surface area (Å²) >= 11 is 0. The standard InChI is InChI=1S/C42H34N4O9/c1-43(2)38-32(45(52)53)19-25(20-33(38)46(54)55)44-40(50)28-18-17-26-30(36(28)41(44)51)21-31-39(49)29(23-11-5-3-6-12-23)22-35(48)42(31,24-13-7-4-8-14-24)37(26)27-15-9-10-16-34(27)47/h3-17,19-20,22,28,30-31,36-37,47H,18,21H2,1-2H3/t28-,30+,31-,36-,37+,42-/m0/s1. The fourth-order valence-electron chi connectivity index (χ4n) is 9.66. The van der Waals surface area contributed by atoms with Crippen LogP contribution in [0.4, 0.5) is 22.7 Å². The van der Waals surface area contributed by atoms with Crippen LogP contribution in [0.15, 0.2) is 115 Å². The monoisotopic (exact) mass is 738 g/mol. The Bertz CT molecular complexity index is 2370. The average molecular weight is 739 g/mol. The van der Waals surface area contributed by atoms with Crippen molar-refractivity contribution in [3.63, 3.8) is 0 Å². The third-order valence-corrected chi connectivity index (χ3v) is 11.8. The molecule has 8 rings (SSSR count). The van der Waals surface area contributed by atoms with Crippen molar-refractivity contribution < 1.29 is 34.1 Å². The lowest BCUT2D eigenvalue weighted by atomic mass is 9.44. The number of ketones is 2. The summed E-state index contributed by atoms with van der Waals surface area (Å²) in [5.41, 5.74) is -1.13. The zero-order valence-corrected chi connectivity index (χ0v) is 29.7. The zero-order chi connectivity index (χ0) is 38.9. The van der Waals surface area contributed by atoms with Gasteiger partial charge in [0.25, 0.3) is 0 Å². The summed E-state index contributed by atoms with van der Waals surface area (Å²) in [7, 11) is 2.83.